The third kappa shape index (κ3) is 3.66. The molecule has 124 valence electrons. The van der Waals surface area contributed by atoms with Gasteiger partial charge < -0.3 is 5.32 Å². The summed E-state index contributed by atoms with van der Waals surface area (Å²) in [5.41, 5.74) is 1.03. The van der Waals surface area contributed by atoms with Crippen molar-refractivity contribution in [3.05, 3.63) is 56.6 Å². The summed E-state index contributed by atoms with van der Waals surface area (Å²) in [4.78, 5) is 13.4. The molecule has 1 amide bonds. The van der Waals surface area contributed by atoms with Gasteiger partial charge in [0.1, 0.15) is 6.54 Å². The van der Waals surface area contributed by atoms with Gasteiger partial charge in [-0.2, -0.15) is 5.10 Å². The summed E-state index contributed by atoms with van der Waals surface area (Å²) in [5.74, 6) is 0.562. The third-order valence-corrected chi connectivity index (χ3v) is 5.45. The number of carbonyl (C=O) groups excluding carboxylic acids is 1. The van der Waals surface area contributed by atoms with E-state index in [1.54, 1.807) is 15.9 Å². The van der Waals surface area contributed by atoms with E-state index in [9.17, 15) is 4.79 Å². The maximum absolute atomic E-state index is 12.4. The van der Waals surface area contributed by atoms with Crippen molar-refractivity contribution in [1.29, 1.82) is 0 Å². The molecule has 3 aromatic rings. The zero-order valence-corrected chi connectivity index (χ0v) is 16.0. The molecule has 2 N–H and O–H groups in total. The lowest BCUT2D eigenvalue weighted by atomic mass is 10.1. The highest BCUT2D eigenvalue weighted by atomic mass is 79.9. The number of aromatic amines is 1. The van der Waals surface area contributed by atoms with E-state index < -0.39 is 0 Å². The van der Waals surface area contributed by atoms with Gasteiger partial charge in [0.25, 0.3) is 0 Å². The molecule has 0 saturated heterocycles. The van der Waals surface area contributed by atoms with E-state index in [4.69, 9.17) is 12.2 Å². The van der Waals surface area contributed by atoms with Crippen LogP contribution in [0.15, 0.2) is 46.3 Å². The minimum Gasteiger partial charge on any atom is -0.348 e. The van der Waals surface area contributed by atoms with E-state index in [-0.39, 0.29) is 18.5 Å². The fourth-order valence-electron chi connectivity index (χ4n) is 2.39. The van der Waals surface area contributed by atoms with Crippen LogP contribution in [-0.4, -0.2) is 20.7 Å². The zero-order valence-electron chi connectivity index (χ0n) is 12.8. The number of halogens is 1. The summed E-state index contributed by atoms with van der Waals surface area (Å²) in [6.45, 7) is 2.07. The number of rotatable bonds is 5. The van der Waals surface area contributed by atoms with Gasteiger partial charge in [-0.3, -0.25) is 14.5 Å². The number of nitrogens with one attached hydrogen (secondary N) is 2. The molecule has 2 aromatic heterocycles. The van der Waals surface area contributed by atoms with Crippen molar-refractivity contribution >= 4 is 45.4 Å². The molecule has 5 nitrogen and oxygen atoms in total. The molecule has 0 aliphatic rings. The van der Waals surface area contributed by atoms with Gasteiger partial charge in [0.05, 0.1) is 10.9 Å². The number of hydrogen-bond donors (Lipinski definition) is 2. The summed E-state index contributed by atoms with van der Waals surface area (Å²) in [6, 6.07) is 11.6. The molecule has 0 fully saturated rings. The van der Waals surface area contributed by atoms with Crippen LogP contribution >= 0.6 is 39.5 Å². The van der Waals surface area contributed by atoms with Crippen LogP contribution in [-0.2, 0) is 11.3 Å². The van der Waals surface area contributed by atoms with Gasteiger partial charge in [0, 0.05) is 4.47 Å². The molecule has 24 heavy (non-hydrogen) atoms. The number of aromatic nitrogens is 3. The SMILES string of the molecule is C[C@H](NC(=O)Cn1c(-c2cccs2)n[nH]c1=S)c1ccccc1Br. The lowest BCUT2D eigenvalue weighted by Crippen LogP contribution is -2.30. The minimum absolute atomic E-state index is 0.112. The Bertz CT molecular complexity index is 901. The van der Waals surface area contributed by atoms with Crippen LogP contribution in [0.3, 0.4) is 0 Å². The normalized spacial score (nSPS) is 12.1. The van der Waals surface area contributed by atoms with Crippen molar-refractivity contribution in [1.82, 2.24) is 20.1 Å². The Morgan fingerprint density at radius 3 is 2.92 bits per heavy atom. The summed E-state index contributed by atoms with van der Waals surface area (Å²) in [7, 11) is 0. The minimum atomic E-state index is -0.117. The molecule has 0 aliphatic carbocycles. The highest BCUT2D eigenvalue weighted by Gasteiger charge is 2.16. The maximum Gasteiger partial charge on any atom is 0.240 e. The first kappa shape index (κ1) is 17.1. The van der Waals surface area contributed by atoms with Gasteiger partial charge in [0.15, 0.2) is 10.6 Å². The molecule has 0 aliphatic heterocycles. The van der Waals surface area contributed by atoms with E-state index in [0.717, 1.165) is 14.9 Å². The van der Waals surface area contributed by atoms with Crippen LogP contribution in [0, 0.1) is 4.77 Å². The Morgan fingerprint density at radius 2 is 2.21 bits per heavy atom. The quantitative estimate of drug-likeness (QED) is 0.602. The second-order valence-electron chi connectivity index (χ2n) is 5.23. The van der Waals surface area contributed by atoms with E-state index in [1.807, 2.05) is 48.7 Å². The summed E-state index contributed by atoms with van der Waals surface area (Å²) in [6.07, 6.45) is 0. The summed E-state index contributed by atoms with van der Waals surface area (Å²) in [5, 5.41) is 12.0. The van der Waals surface area contributed by atoms with Crippen LogP contribution in [0.1, 0.15) is 18.5 Å². The topological polar surface area (TPSA) is 62.7 Å². The van der Waals surface area contributed by atoms with E-state index >= 15 is 0 Å². The zero-order chi connectivity index (χ0) is 17.1. The molecule has 8 heteroatoms. The number of thiophene rings is 1. The van der Waals surface area contributed by atoms with Gasteiger partial charge in [0.2, 0.25) is 5.91 Å². The Balaban J connectivity index is 1.76. The van der Waals surface area contributed by atoms with Gasteiger partial charge in [-0.15, -0.1) is 11.3 Å². The molecule has 0 saturated carbocycles. The first-order valence-electron chi connectivity index (χ1n) is 7.29. The van der Waals surface area contributed by atoms with E-state index in [0.29, 0.717) is 10.6 Å². The molecule has 0 radical (unpaired) electrons. The number of amides is 1. The second kappa shape index (κ2) is 7.42. The highest BCUT2D eigenvalue weighted by molar-refractivity contribution is 9.10. The van der Waals surface area contributed by atoms with Gasteiger partial charge in [-0.25, -0.2) is 0 Å². The second-order valence-corrected chi connectivity index (χ2v) is 7.42. The fraction of sp³-hybridized carbons (Fsp3) is 0.188. The monoisotopic (exact) mass is 422 g/mol. The van der Waals surface area contributed by atoms with Gasteiger partial charge >= 0.3 is 0 Å². The summed E-state index contributed by atoms with van der Waals surface area (Å²) >= 11 is 10.3. The fourth-order valence-corrected chi connectivity index (χ4v) is 3.94. The van der Waals surface area contributed by atoms with Crippen molar-refractivity contribution in [2.75, 3.05) is 0 Å². The van der Waals surface area contributed by atoms with Crippen molar-refractivity contribution < 1.29 is 4.79 Å². The number of carbonyl (C=O) groups is 1. The first-order chi connectivity index (χ1) is 11.6. The number of benzene rings is 1. The molecule has 3 rings (SSSR count). The molecule has 0 bridgehead atoms. The molecule has 1 aromatic carbocycles. The Kier molecular flexibility index (Phi) is 5.27. The first-order valence-corrected chi connectivity index (χ1v) is 9.37. The Morgan fingerprint density at radius 1 is 1.42 bits per heavy atom. The predicted molar refractivity (Wildman–Crippen MR) is 101 cm³/mol. The van der Waals surface area contributed by atoms with Crippen LogP contribution in [0.2, 0.25) is 0 Å². The molecule has 1 atom stereocenters. The molecular formula is C16H15BrN4OS2. The van der Waals surface area contributed by atoms with Crippen molar-refractivity contribution in [2.45, 2.75) is 19.5 Å². The summed E-state index contributed by atoms with van der Waals surface area (Å²) < 4.78 is 3.11. The Hall–Kier alpha value is -1.77. The number of H-pyrrole nitrogens is 1. The largest absolute Gasteiger partial charge is 0.348 e. The lowest BCUT2D eigenvalue weighted by Gasteiger charge is -2.16. The molecule has 0 unspecified atom stereocenters. The number of nitrogens with zero attached hydrogens (tertiary/aromatic N) is 2. The average Bonchev–Trinajstić information content (AvgIpc) is 3.18. The van der Waals surface area contributed by atoms with E-state index in [2.05, 4.69) is 31.4 Å². The third-order valence-electron chi connectivity index (χ3n) is 3.55. The Labute approximate surface area is 156 Å². The maximum atomic E-state index is 12.4. The molecule has 0 spiro atoms. The van der Waals surface area contributed by atoms with E-state index in [1.165, 1.54) is 0 Å². The standard InChI is InChI=1S/C16H15BrN4OS2/c1-10(11-5-2-3-6-12(11)17)18-14(22)9-21-15(19-20-16(21)23)13-7-4-8-24-13/h2-8,10H,9H2,1H3,(H,18,22)(H,20,23)/t10-/m0/s1. The molecule has 2 heterocycles. The van der Waals surface area contributed by atoms with Crippen LogP contribution < -0.4 is 5.32 Å². The van der Waals surface area contributed by atoms with Gasteiger partial charge in [-0.1, -0.05) is 40.2 Å². The van der Waals surface area contributed by atoms with Crippen LogP contribution in [0.25, 0.3) is 10.7 Å². The highest BCUT2D eigenvalue weighted by Crippen LogP contribution is 2.24. The molecular weight excluding hydrogens is 408 g/mol. The predicted octanol–water partition coefficient (Wildman–Crippen LogP) is 4.31. The number of hydrogen-bond acceptors (Lipinski definition) is 4. The van der Waals surface area contributed by atoms with Crippen molar-refractivity contribution in [2.24, 2.45) is 0 Å². The smallest absolute Gasteiger partial charge is 0.240 e. The van der Waals surface area contributed by atoms with Gasteiger partial charge in [-0.05, 0) is 42.2 Å². The van der Waals surface area contributed by atoms with Crippen LogP contribution in [0.5, 0.6) is 0 Å². The average molecular weight is 423 g/mol. The van der Waals surface area contributed by atoms with Crippen LogP contribution in [0.4, 0.5) is 0 Å². The van der Waals surface area contributed by atoms with Crippen molar-refractivity contribution in [3.63, 3.8) is 0 Å². The van der Waals surface area contributed by atoms with Crippen molar-refractivity contribution in [3.8, 4) is 10.7 Å². The lowest BCUT2D eigenvalue weighted by molar-refractivity contribution is -0.122.